The zero-order valence-corrected chi connectivity index (χ0v) is 29.0. The Labute approximate surface area is 299 Å². The molecule has 0 atom stereocenters. The minimum Gasteiger partial charge on any atom is -0.476 e. The maximum Gasteiger partial charge on any atom is 0.433 e. The predicted octanol–water partition coefficient (Wildman–Crippen LogP) is 8.82. The van der Waals surface area contributed by atoms with Gasteiger partial charge in [0, 0.05) is 18.1 Å². The third-order valence-electron chi connectivity index (χ3n) is 6.55. The zero-order chi connectivity index (χ0) is 36.0. The molecule has 0 saturated carbocycles. The molecule has 0 bridgehead atoms. The molecule has 0 aliphatic rings. The van der Waals surface area contributed by atoms with Gasteiger partial charge in [0.15, 0.2) is 34.1 Å². The predicted molar refractivity (Wildman–Crippen MR) is 177 cm³/mol. The number of nitrogens with zero attached hydrogens (tertiary/aromatic N) is 7. The molecule has 0 saturated heterocycles. The molecule has 50 heavy (non-hydrogen) atoms. The Morgan fingerprint density at radius 3 is 1.62 bits per heavy atom. The van der Waals surface area contributed by atoms with Gasteiger partial charge in [0.2, 0.25) is 0 Å². The van der Waals surface area contributed by atoms with E-state index >= 15 is 0 Å². The summed E-state index contributed by atoms with van der Waals surface area (Å²) in [4.78, 5) is 36.9. The molecule has 7 heterocycles. The Morgan fingerprint density at radius 1 is 0.740 bits per heavy atom. The number of carbonyl (C=O) groups is 2. The van der Waals surface area contributed by atoms with Crippen molar-refractivity contribution in [3.63, 3.8) is 0 Å². The molecule has 0 spiro atoms. The number of halogens is 8. The minimum atomic E-state index is -4.70. The number of hydrogen-bond acceptors (Lipinski definition) is 9. The highest BCUT2D eigenvalue weighted by Gasteiger charge is 2.38. The first kappa shape index (κ1) is 35.1. The topological polar surface area (TPSA) is 140 Å². The number of amides is 1. The number of nitrogens with one attached hydrogen (secondary N) is 1. The summed E-state index contributed by atoms with van der Waals surface area (Å²) in [5.74, 6) is -2.11. The van der Waals surface area contributed by atoms with Crippen LogP contribution in [-0.2, 0) is 12.4 Å². The van der Waals surface area contributed by atoms with E-state index in [0.717, 1.165) is 12.1 Å². The molecule has 256 valence electrons. The van der Waals surface area contributed by atoms with Crippen molar-refractivity contribution in [2.45, 2.75) is 12.4 Å². The molecule has 0 fully saturated rings. The van der Waals surface area contributed by atoms with Gasteiger partial charge < -0.3 is 10.4 Å². The number of thiophene rings is 2. The van der Waals surface area contributed by atoms with Crippen molar-refractivity contribution in [1.29, 1.82) is 0 Å². The van der Waals surface area contributed by atoms with Gasteiger partial charge >= 0.3 is 18.3 Å². The highest BCUT2D eigenvalue weighted by atomic mass is 79.9. The molecule has 0 aliphatic carbocycles. The van der Waals surface area contributed by atoms with Crippen LogP contribution in [0.3, 0.4) is 0 Å². The number of carboxylic acids is 1. The number of alkyl halides is 6. The van der Waals surface area contributed by atoms with Crippen molar-refractivity contribution >= 4 is 83.4 Å². The second-order valence-corrected chi connectivity index (χ2v) is 13.3. The van der Waals surface area contributed by atoms with E-state index in [2.05, 4.69) is 62.3 Å². The molecule has 7 aromatic rings. The number of carboxylic acid groups (broad SMARTS) is 1. The molecule has 7 rings (SSSR count). The van der Waals surface area contributed by atoms with E-state index in [4.69, 9.17) is 5.11 Å². The molecule has 0 aliphatic heterocycles. The van der Waals surface area contributed by atoms with E-state index in [1.807, 2.05) is 0 Å². The second kappa shape index (κ2) is 13.5. The largest absolute Gasteiger partial charge is 0.476 e. The number of hydrogen-bond donors (Lipinski definition) is 2. The quantitative estimate of drug-likeness (QED) is 0.164. The van der Waals surface area contributed by atoms with Crippen LogP contribution in [0.15, 0.2) is 80.6 Å². The average molecular weight is 860 g/mol. The highest BCUT2D eigenvalue weighted by molar-refractivity contribution is 9.11. The highest BCUT2D eigenvalue weighted by Crippen LogP contribution is 2.37. The smallest absolute Gasteiger partial charge is 0.433 e. The van der Waals surface area contributed by atoms with Crippen LogP contribution >= 0.6 is 54.5 Å². The third-order valence-corrected chi connectivity index (χ3v) is 9.79. The van der Waals surface area contributed by atoms with Crippen molar-refractivity contribution < 1.29 is 41.0 Å². The first-order valence-electron chi connectivity index (χ1n) is 13.5. The van der Waals surface area contributed by atoms with Crippen molar-refractivity contribution in [3.05, 3.63) is 103 Å². The summed E-state index contributed by atoms with van der Waals surface area (Å²) < 4.78 is 81.7. The number of pyridine rings is 1. The van der Waals surface area contributed by atoms with Crippen molar-refractivity contribution in [1.82, 2.24) is 34.2 Å². The van der Waals surface area contributed by atoms with E-state index in [0.29, 0.717) is 24.5 Å². The maximum atomic E-state index is 13.6. The first-order valence-corrected chi connectivity index (χ1v) is 16.8. The Bertz CT molecular complexity index is 2360. The lowest BCUT2D eigenvalue weighted by molar-refractivity contribution is -0.143. The standard InChI is InChI=1S/C17H9BrF3N5OS.C12H5BrF3N3O2S/c18-13-14(16(27)23-9-3-5-22-6-4-9)25-26-12(17(19,20)21)8-10(24-15(13)26)11-2-1-7-28-11;13-8-9(11(20)21)18-19-7(12(14,15)16)4-5(17-10(8)19)6-2-1-3-22-6/h1-8H,(H,22,23,27);1-4H,(H,20,21). The van der Waals surface area contributed by atoms with Gasteiger partial charge in [-0.05, 0) is 79.0 Å². The molecule has 0 unspecified atom stereocenters. The summed E-state index contributed by atoms with van der Waals surface area (Å²) in [5, 5.41) is 22.4. The Morgan fingerprint density at radius 2 is 1.20 bits per heavy atom. The first-order chi connectivity index (χ1) is 23.6. The van der Waals surface area contributed by atoms with Crippen molar-refractivity contribution in [2.24, 2.45) is 0 Å². The average Bonchev–Trinajstić information content (AvgIpc) is 3.88. The molecular formula is C29H14Br2F6N8O3S2. The van der Waals surface area contributed by atoms with Crippen molar-refractivity contribution in [3.8, 4) is 21.1 Å². The maximum absolute atomic E-state index is 13.6. The van der Waals surface area contributed by atoms with Gasteiger partial charge in [-0.2, -0.15) is 36.5 Å². The Kier molecular flexibility index (Phi) is 9.50. The molecule has 11 nitrogen and oxygen atoms in total. The number of aromatic carboxylic acids is 1. The molecule has 0 aromatic carbocycles. The van der Waals surface area contributed by atoms with Crippen molar-refractivity contribution in [2.75, 3.05) is 5.32 Å². The van der Waals surface area contributed by atoms with Crippen LogP contribution in [0.5, 0.6) is 0 Å². The van der Waals surface area contributed by atoms with E-state index < -0.39 is 41.3 Å². The normalized spacial score (nSPS) is 11.8. The monoisotopic (exact) mass is 858 g/mol. The van der Waals surface area contributed by atoms with Crippen LogP contribution in [0.1, 0.15) is 32.4 Å². The van der Waals surface area contributed by atoms with E-state index in [-0.39, 0.29) is 37.3 Å². The van der Waals surface area contributed by atoms with Crippen LogP contribution < -0.4 is 5.32 Å². The van der Waals surface area contributed by atoms with Crippen LogP contribution in [-0.4, -0.2) is 51.2 Å². The van der Waals surface area contributed by atoms with Gasteiger partial charge in [0.05, 0.1) is 30.1 Å². The molecule has 7 aromatic heterocycles. The molecule has 0 radical (unpaired) electrons. The van der Waals surface area contributed by atoms with E-state index in [9.17, 15) is 35.9 Å². The lowest BCUT2D eigenvalue weighted by Gasteiger charge is -2.10. The summed E-state index contributed by atoms with van der Waals surface area (Å²) in [6.07, 6.45) is -6.43. The summed E-state index contributed by atoms with van der Waals surface area (Å²) in [6, 6.07) is 11.6. The molecule has 1 amide bonds. The fourth-order valence-electron chi connectivity index (χ4n) is 4.40. The molecule has 21 heteroatoms. The third kappa shape index (κ3) is 6.98. The van der Waals surface area contributed by atoms with Gasteiger partial charge in [-0.3, -0.25) is 9.78 Å². The lowest BCUT2D eigenvalue weighted by Crippen LogP contribution is -2.15. The molecule has 2 N–H and O–H groups in total. The minimum absolute atomic E-state index is 0.0722. The second-order valence-electron chi connectivity index (χ2n) is 9.79. The van der Waals surface area contributed by atoms with Crippen LogP contribution in [0.4, 0.5) is 32.0 Å². The Hall–Kier alpha value is -4.73. The zero-order valence-electron chi connectivity index (χ0n) is 24.2. The summed E-state index contributed by atoms with van der Waals surface area (Å²) in [6.45, 7) is 0. The summed E-state index contributed by atoms with van der Waals surface area (Å²) in [5.41, 5.74) is -2.46. The van der Waals surface area contributed by atoms with Gasteiger partial charge in [-0.1, -0.05) is 12.1 Å². The molecular weight excluding hydrogens is 846 g/mol. The fourth-order valence-corrected chi connectivity index (χ4v) is 6.79. The van der Waals surface area contributed by atoms with Gasteiger partial charge in [0.1, 0.15) is 0 Å². The van der Waals surface area contributed by atoms with Gasteiger partial charge in [-0.25, -0.2) is 23.8 Å². The van der Waals surface area contributed by atoms with Gasteiger partial charge in [-0.15, -0.1) is 22.7 Å². The SMILES string of the molecule is O=C(Nc1ccncc1)c1nn2c(C(F)(F)F)cc(-c3cccs3)nc2c1Br.O=C(O)c1nn2c(C(F)(F)F)cc(-c3cccs3)nc2c1Br. The van der Waals surface area contributed by atoms with E-state index in [1.54, 1.807) is 47.2 Å². The van der Waals surface area contributed by atoms with Crippen LogP contribution in [0.25, 0.3) is 32.4 Å². The van der Waals surface area contributed by atoms with Crippen LogP contribution in [0, 0.1) is 0 Å². The lowest BCUT2D eigenvalue weighted by atomic mass is 10.2. The van der Waals surface area contributed by atoms with Crippen LogP contribution in [0.2, 0.25) is 0 Å². The van der Waals surface area contributed by atoms with Gasteiger partial charge in [0.25, 0.3) is 5.91 Å². The Balaban J connectivity index is 0.000000178. The number of anilines is 1. The summed E-state index contributed by atoms with van der Waals surface area (Å²) >= 11 is 8.64. The van der Waals surface area contributed by atoms with E-state index in [1.165, 1.54) is 35.1 Å². The number of aromatic nitrogens is 7. The number of carbonyl (C=O) groups excluding carboxylic acids is 1. The fraction of sp³-hybridized carbons (Fsp3) is 0.0690. The number of rotatable bonds is 5. The number of fused-ring (bicyclic) bond motifs is 2. The summed E-state index contributed by atoms with van der Waals surface area (Å²) in [7, 11) is 0.